The third-order valence-corrected chi connectivity index (χ3v) is 12.1. The third-order valence-electron chi connectivity index (χ3n) is 12.1. The van der Waals surface area contributed by atoms with Crippen molar-refractivity contribution in [2.45, 2.75) is 66.1 Å². The second-order valence-electron chi connectivity index (χ2n) is 18.2. The van der Waals surface area contributed by atoms with E-state index in [1.54, 1.807) is 18.2 Å². The van der Waals surface area contributed by atoms with Gasteiger partial charge in [0.2, 0.25) is 0 Å². The van der Waals surface area contributed by atoms with Crippen molar-refractivity contribution in [2.75, 3.05) is 0 Å². The maximum absolute atomic E-state index is 16.0. The third kappa shape index (κ3) is 7.83. The Bertz CT molecular complexity index is 2190. The van der Waals surface area contributed by atoms with Crippen LogP contribution in [-0.4, -0.2) is 17.7 Å². The van der Waals surface area contributed by atoms with Crippen molar-refractivity contribution >= 4 is 17.7 Å². The number of halogens is 1. The van der Waals surface area contributed by atoms with Crippen LogP contribution in [0.2, 0.25) is 0 Å². The summed E-state index contributed by atoms with van der Waals surface area (Å²) < 4.78 is 28.5. The number of allylic oxidation sites excluding steroid dienone is 5. The van der Waals surface area contributed by atoms with Crippen molar-refractivity contribution in [3.8, 4) is 0 Å². The Kier molecular flexibility index (Phi) is 11.5. The van der Waals surface area contributed by atoms with Crippen molar-refractivity contribution in [1.29, 1.82) is 0 Å². The maximum atomic E-state index is 16.0. The maximum Gasteiger partial charge on any atom is 0.325 e. The molecule has 306 valence electrons. The van der Waals surface area contributed by atoms with Crippen LogP contribution in [0.1, 0.15) is 93.9 Å². The van der Waals surface area contributed by atoms with E-state index in [0.29, 0.717) is 39.0 Å². The molecule has 2 aliphatic rings. The molecule has 0 amide bonds. The molecule has 5 aromatic rings. The van der Waals surface area contributed by atoms with Gasteiger partial charge in [-0.05, 0) is 63.1 Å². The summed E-state index contributed by atoms with van der Waals surface area (Å²) in [5.74, 6) is -3.79. The molecule has 6 heteroatoms. The van der Waals surface area contributed by atoms with Gasteiger partial charge in [-0.15, -0.1) is 6.58 Å². The van der Waals surface area contributed by atoms with Gasteiger partial charge in [-0.2, -0.15) is 0 Å². The topological polar surface area (TPSA) is 69.7 Å². The molecule has 0 aliphatic heterocycles. The van der Waals surface area contributed by atoms with Crippen molar-refractivity contribution in [3.63, 3.8) is 0 Å². The second kappa shape index (κ2) is 16.5. The molecule has 1 fully saturated rings. The minimum absolute atomic E-state index is 0.0706. The van der Waals surface area contributed by atoms with Gasteiger partial charge in [0.1, 0.15) is 5.82 Å². The van der Waals surface area contributed by atoms with Gasteiger partial charge >= 0.3 is 11.9 Å². The summed E-state index contributed by atoms with van der Waals surface area (Å²) >= 11 is 0. The van der Waals surface area contributed by atoms with Crippen LogP contribution < -0.4 is 0 Å². The molecule has 7 rings (SSSR count). The molecule has 2 atom stereocenters. The molecule has 0 saturated heterocycles. The first-order valence-corrected chi connectivity index (χ1v) is 20.6. The van der Waals surface area contributed by atoms with E-state index in [4.69, 9.17) is 9.47 Å². The highest BCUT2D eigenvalue weighted by Gasteiger charge is 2.70. The number of ketones is 1. The Balaban J connectivity index is 1.54. The van der Waals surface area contributed by atoms with E-state index in [0.717, 1.165) is 0 Å². The Morgan fingerprint density at radius 1 is 0.617 bits per heavy atom. The van der Waals surface area contributed by atoms with E-state index in [9.17, 15) is 9.18 Å². The van der Waals surface area contributed by atoms with Crippen LogP contribution in [-0.2, 0) is 23.9 Å². The van der Waals surface area contributed by atoms with Gasteiger partial charge in [0.15, 0.2) is 23.4 Å². The largest absolute Gasteiger partial charge is 0.452 e. The van der Waals surface area contributed by atoms with Crippen LogP contribution in [0.25, 0.3) is 0 Å². The summed E-state index contributed by atoms with van der Waals surface area (Å²) in [6, 6.07) is 43.7. The van der Waals surface area contributed by atoms with Gasteiger partial charge in [0.05, 0.1) is 0 Å². The number of hydrogen-bond donors (Lipinski definition) is 0. The fourth-order valence-corrected chi connectivity index (χ4v) is 9.19. The van der Waals surface area contributed by atoms with E-state index in [1.165, 1.54) is 12.1 Å². The van der Waals surface area contributed by atoms with Gasteiger partial charge in [-0.25, -0.2) is 4.39 Å². The molecule has 0 heterocycles. The van der Waals surface area contributed by atoms with Crippen LogP contribution in [0.3, 0.4) is 0 Å². The molecule has 0 N–H and O–H groups in total. The molecule has 1 saturated carbocycles. The fourth-order valence-electron chi connectivity index (χ4n) is 9.19. The second-order valence-corrected chi connectivity index (χ2v) is 18.2. The number of rotatable bonds is 10. The quantitative estimate of drug-likeness (QED) is 0.0799. The Labute approximate surface area is 353 Å². The highest BCUT2D eigenvalue weighted by molar-refractivity contribution is 6.11. The number of ether oxygens (including phenoxy) is 2. The molecule has 0 bridgehead atoms. The number of Topliss-reactive ketones (excluding diaryl/α,β-unsaturated/α-hetero) is 1. The number of carbonyl (C=O) groups excluding carboxylic acids is 3. The highest BCUT2D eigenvalue weighted by Crippen LogP contribution is 2.68. The van der Waals surface area contributed by atoms with E-state index >= 15 is 9.59 Å². The minimum atomic E-state index is -2.06. The van der Waals surface area contributed by atoms with Crippen molar-refractivity contribution < 1.29 is 28.2 Å². The first-order chi connectivity index (χ1) is 28.6. The minimum Gasteiger partial charge on any atom is -0.452 e. The smallest absolute Gasteiger partial charge is 0.325 e. The van der Waals surface area contributed by atoms with Crippen LogP contribution >= 0.6 is 0 Å². The normalized spacial score (nSPS) is 18.5. The van der Waals surface area contributed by atoms with Crippen LogP contribution in [0.4, 0.5) is 4.39 Å². The monoisotopic (exact) mass is 800 g/mol. The van der Waals surface area contributed by atoms with E-state index in [-0.39, 0.29) is 12.2 Å². The summed E-state index contributed by atoms with van der Waals surface area (Å²) in [4.78, 5) is 46.7. The molecule has 60 heavy (non-hydrogen) atoms. The highest BCUT2D eigenvalue weighted by atomic mass is 19.1. The SMILES string of the molecule is C=C[C@@H]1CC(C(=O)OC(c2ccccc2)c2ccccc2)(C(=O)OC(c2ccccc2)c2ccccc2)[C@H](c2ccc(F)cc2)C12C=C(C(C)(C)C)C(=O)C(C(C)(C)C)=C2. The standard InChI is InChI=1S/C54H53FO5/c1-8-41-33-54(49(57)59-46(36-21-13-9-14-22-36)37-23-15-10-16-24-37,50(58)60-47(38-25-17-11-18-26-38)39-27-19-12-20-28-39)48(40-29-31-42(55)32-30-40)53(41)34-43(51(2,3)4)45(56)44(35-53)52(5,6)7/h8-32,34-35,41,46-48H,1,33H2,2-7H3/t41-,48-/m1/s1. The summed E-state index contributed by atoms with van der Waals surface area (Å²) in [7, 11) is 0. The van der Waals surface area contributed by atoms with Crippen LogP contribution in [0.15, 0.2) is 182 Å². The van der Waals surface area contributed by atoms with Crippen LogP contribution in [0, 0.1) is 33.4 Å². The lowest BCUT2D eigenvalue weighted by Crippen LogP contribution is -2.48. The van der Waals surface area contributed by atoms with Gasteiger partial charge in [0.25, 0.3) is 0 Å². The van der Waals surface area contributed by atoms with Gasteiger partial charge in [0, 0.05) is 22.5 Å². The lowest BCUT2D eigenvalue weighted by atomic mass is 9.57. The summed E-state index contributed by atoms with van der Waals surface area (Å²) in [6.07, 6.45) is 3.84. The van der Waals surface area contributed by atoms with Crippen LogP contribution in [0.5, 0.6) is 0 Å². The fraction of sp³-hybridized carbons (Fsp3) is 0.278. The first-order valence-electron chi connectivity index (χ1n) is 20.6. The van der Waals surface area contributed by atoms with Gasteiger partial charge in [-0.3, -0.25) is 14.4 Å². The lowest BCUT2D eigenvalue weighted by Gasteiger charge is -2.45. The predicted octanol–water partition coefficient (Wildman–Crippen LogP) is 12.3. The Morgan fingerprint density at radius 3 is 1.28 bits per heavy atom. The molecule has 2 aliphatic carbocycles. The predicted molar refractivity (Wildman–Crippen MR) is 234 cm³/mol. The number of hydrogen-bond acceptors (Lipinski definition) is 5. The molecular weight excluding hydrogens is 748 g/mol. The Morgan fingerprint density at radius 2 is 0.967 bits per heavy atom. The zero-order valence-corrected chi connectivity index (χ0v) is 35.2. The molecule has 0 aromatic heterocycles. The number of carbonyl (C=O) groups is 3. The van der Waals surface area contributed by atoms with E-state index in [2.05, 4.69) is 6.58 Å². The zero-order valence-electron chi connectivity index (χ0n) is 35.2. The molecular formula is C54H53FO5. The number of esters is 2. The van der Waals surface area contributed by atoms with Gasteiger partial charge in [-0.1, -0.05) is 193 Å². The first kappa shape index (κ1) is 42.0. The van der Waals surface area contributed by atoms with Crippen molar-refractivity contribution in [1.82, 2.24) is 0 Å². The van der Waals surface area contributed by atoms with Crippen molar-refractivity contribution in [2.24, 2.45) is 27.6 Å². The molecule has 5 aromatic carbocycles. The molecule has 0 radical (unpaired) electrons. The van der Waals surface area contributed by atoms with Gasteiger partial charge < -0.3 is 9.47 Å². The lowest BCUT2D eigenvalue weighted by molar-refractivity contribution is -0.179. The molecule has 1 spiro atoms. The summed E-state index contributed by atoms with van der Waals surface area (Å²) in [5, 5.41) is 0. The van der Waals surface area contributed by atoms with E-state index in [1.807, 2.05) is 175 Å². The summed E-state index contributed by atoms with van der Waals surface area (Å²) in [5.41, 5.74) is -0.00963. The average molecular weight is 801 g/mol. The Hall–Kier alpha value is -6.14. The summed E-state index contributed by atoms with van der Waals surface area (Å²) in [6.45, 7) is 16.3. The number of benzene rings is 5. The zero-order chi connectivity index (χ0) is 42.9. The average Bonchev–Trinajstić information content (AvgIpc) is 3.53. The van der Waals surface area contributed by atoms with E-state index < -0.39 is 63.5 Å². The van der Waals surface area contributed by atoms with Crippen molar-refractivity contribution in [3.05, 3.63) is 215 Å². The molecule has 0 unspecified atom stereocenters. The molecule has 5 nitrogen and oxygen atoms in total.